The molecular formula is C29H32FNO4. The van der Waals surface area contributed by atoms with Crippen molar-refractivity contribution < 1.29 is 24.1 Å². The molecular weight excluding hydrogens is 445 g/mol. The molecule has 1 fully saturated rings. The molecule has 0 saturated carbocycles. The average Bonchev–Trinajstić information content (AvgIpc) is 2.85. The monoisotopic (exact) mass is 477 g/mol. The third-order valence-corrected chi connectivity index (χ3v) is 6.24. The van der Waals surface area contributed by atoms with Crippen molar-refractivity contribution in [2.24, 2.45) is 5.92 Å². The van der Waals surface area contributed by atoms with Gasteiger partial charge in [0.15, 0.2) is 0 Å². The predicted octanol–water partition coefficient (Wildman–Crippen LogP) is 5.78. The summed E-state index contributed by atoms with van der Waals surface area (Å²) >= 11 is 0. The van der Waals surface area contributed by atoms with Gasteiger partial charge in [0.2, 0.25) is 0 Å². The number of phenols is 2. The molecule has 2 aliphatic heterocycles. The van der Waals surface area contributed by atoms with Gasteiger partial charge in [-0.15, -0.1) is 0 Å². The molecule has 3 aromatic rings. The fourth-order valence-corrected chi connectivity index (χ4v) is 4.40. The Morgan fingerprint density at radius 1 is 0.971 bits per heavy atom. The molecule has 0 bridgehead atoms. The largest absolute Gasteiger partial charge is 0.508 e. The van der Waals surface area contributed by atoms with Crippen LogP contribution in [0.2, 0.25) is 0 Å². The van der Waals surface area contributed by atoms with Crippen molar-refractivity contribution in [2.75, 3.05) is 39.5 Å². The molecule has 0 atom stereocenters. The summed E-state index contributed by atoms with van der Waals surface area (Å²) in [4.78, 5) is 2.22. The molecule has 2 heterocycles. The number of aromatic hydroxyl groups is 2. The number of alkyl halides is 1. The Labute approximate surface area is 206 Å². The number of benzene rings is 3. The molecule has 35 heavy (non-hydrogen) atoms. The molecule has 5 nitrogen and oxygen atoms in total. The summed E-state index contributed by atoms with van der Waals surface area (Å²) in [7, 11) is 0. The van der Waals surface area contributed by atoms with Gasteiger partial charge < -0.3 is 19.7 Å². The molecule has 0 aliphatic carbocycles. The van der Waals surface area contributed by atoms with Crippen LogP contribution in [-0.4, -0.2) is 54.6 Å². The Balaban J connectivity index is 0.000000172. The van der Waals surface area contributed by atoms with Crippen LogP contribution in [0.4, 0.5) is 4.39 Å². The second-order valence-corrected chi connectivity index (χ2v) is 8.77. The third-order valence-electron chi connectivity index (χ3n) is 6.24. The first-order valence-corrected chi connectivity index (χ1v) is 12.0. The zero-order chi connectivity index (χ0) is 24.6. The maximum atomic E-state index is 12.1. The van der Waals surface area contributed by atoms with E-state index in [0.717, 1.165) is 59.8 Å². The first-order chi connectivity index (χ1) is 17.1. The highest BCUT2D eigenvalue weighted by Crippen LogP contribution is 2.40. The van der Waals surface area contributed by atoms with Crippen molar-refractivity contribution in [1.29, 1.82) is 0 Å². The number of phenolic OH excluding ortho intramolecular Hbond substituents is 2. The lowest BCUT2D eigenvalue weighted by molar-refractivity contribution is 0.0668. The first-order valence-electron chi connectivity index (χ1n) is 12.0. The number of allylic oxidation sites excluding steroid dienone is 1. The smallest absolute Gasteiger partial charge is 0.127 e. The van der Waals surface area contributed by atoms with Crippen LogP contribution in [0.1, 0.15) is 24.5 Å². The van der Waals surface area contributed by atoms with E-state index in [1.807, 2.05) is 42.5 Å². The van der Waals surface area contributed by atoms with Gasteiger partial charge in [-0.1, -0.05) is 37.3 Å². The number of ether oxygens (including phenoxy) is 2. The number of hydrogen-bond donors (Lipinski definition) is 2. The Morgan fingerprint density at radius 3 is 2.46 bits per heavy atom. The fourth-order valence-electron chi connectivity index (χ4n) is 4.40. The SMILES string of the molecule is CCC1=C(c2cccc(O)c2)COc2ccc(O)cc21.FCC1CN(CCOc2ccccc2)C1. The summed E-state index contributed by atoms with van der Waals surface area (Å²) in [5.41, 5.74) is 4.09. The van der Waals surface area contributed by atoms with Crippen LogP contribution < -0.4 is 9.47 Å². The third kappa shape index (κ3) is 6.34. The molecule has 2 aliphatic rings. The molecule has 5 rings (SSSR count). The minimum absolute atomic E-state index is 0.184. The second kappa shape index (κ2) is 11.8. The number of fused-ring (bicyclic) bond motifs is 1. The van der Waals surface area contributed by atoms with E-state index in [9.17, 15) is 14.6 Å². The molecule has 0 aromatic heterocycles. The summed E-state index contributed by atoms with van der Waals surface area (Å²) in [6.45, 7) is 5.72. The van der Waals surface area contributed by atoms with E-state index in [-0.39, 0.29) is 24.1 Å². The van der Waals surface area contributed by atoms with Gasteiger partial charge in [-0.3, -0.25) is 9.29 Å². The van der Waals surface area contributed by atoms with Crippen molar-refractivity contribution in [3.8, 4) is 23.0 Å². The highest BCUT2D eigenvalue weighted by molar-refractivity contribution is 5.94. The van der Waals surface area contributed by atoms with E-state index in [2.05, 4.69) is 11.8 Å². The van der Waals surface area contributed by atoms with Crippen molar-refractivity contribution in [1.82, 2.24) is 4.90 Å². The molecule has 2 N–H and O–H groups in total. The van der Waals surface area contributed by atoms with Crippen LogP contribution in [0, 0.1) is 5.92 Å². The number of hydrogen-bond acceptors (Lipinski definition) is 5. The minimum Gasteiger partial charge on any atom is -0.508 e. The Morgan fingerprint density at radius 2 is 1.74 bits per heavy atom. The zero-order valence-corrected chi connectivity index (χ0v) is 20.0. The van der Waals surface area contributed by atoms with Crippen molar-refractivity contribution in [2.45, 2.75) is 13.3 Å². The summed E-state index contributed by atoms with van der Waals surface area (Å²) in [6, 6.07) is 22.1. The Bertz CT molecular complexity index is 1140. The maximum absolute atomic E-state index is 12.1. The lowest BCUT2D eigenvalue weighted by Crippen LogP contribution is -2.49. The van der Waals surface area contributed by atoms with Crippen LogP contribution in [0.15, 0.2) is 72.8 Å². The lowest BCUT2D eigenvalue weighted by atomic mass is 9.91. The van der Waals surface area contributed by atoms with E-state index in [1.165, 1.54) is 0 Å². The molecule has 1 saturated heterocycles. The second-order valence-electron chi connectivity index (χ2n) is 8.77. The quantitative estimate of drug-likeness (QED) is 0.452. The summed E-state index contributed by atoms with van der Waals surface area (Å²) in [6.07, 6.45) is 0.838. The van der Waals surface area contributed by atoms with Crippen LogP contribution >= 0.6 is 0 Å². The van der Waals surface area contributed by atoms with Crippen LogP contribution in [0.3, 0.4) is 0 Å². The summed E-state index contributed by atoms with van der Waals surface area (Å²) in [5.74, 6) is 2.44. The minimum atomic E-state index is -0.184. The van der Waals surface area contributed by atoms with Gasteiger partial charge in [0, 0.05) is 36.7 Å². The predicted molar refractivity (Wildman–Crippen MR) is 137 cm³/mol. The average molecular weight is 478 g/mol. The highest BCUT2D eigenvalue weighted by atomic mass is 19.1. The van der Waals surface area contributed by atoms with Gasteiger partial charge in [0.25, 0.3) is 0 Å². The lowest BCUT2D eigenvalue weighted by Gasteiger charge is -2.37. The highest BCUT2D eigenvalue weighted by Gasteiger charge is 2.25. The van der Waals surface area contributed by atoms with Crippen molar-refractivity contribution in [3.05, 3.63) is 83.9 Å². The van der Waals surface area contributed by atoms with Crippen molar-refractivity contribution >= 4 is 11.1 Å². The van der Waals surface area contributed by atoms with Gasteiger partial charge in [0.05, 0.1) is 6.67 Å². The summed E-state index contributed by atoms with van der Waals surface area (Å²) < 4.78 is 23.5. The van der Waals surface area contributed by atoms with E-state index in [1.54, 1.807) is 30.3 Å². The fraction of sp³-hybridized carbons (Fsp3) is 0.310. The van der Waals surface area contributed by atoms with Gasteiger partial charge in [-0.05, 0) is 60.0 Å². The number of halogens is 1. The molecule has 0 radical (unpaired) electrons. The molecule has 0 spiro atoms. The molecule has 0 amide bonds. The normalized spacial score (nSPS) is 15.4. The number of nitrogens with zero attached hydrogens (tertiary/aromatic N) is 1. The standard InChI is InChI=1S/C17H16O3.C12H16FNO/c1-2-14-15-9-13(19)6-7-17(15)20-10-16(14)11-4-3-5-12(18)8-11;13-8-11-9-14(10-11)6-7-15-12-4-2-1-3-5-12/h3-9,18-19H,2,10H2,1H3;1-5,11H,6-10H2. The molecule has 184 valence electrons. The van der Waals surface area contributed by atoms with Gasteiger partial charge >= 0.3 is 0 Å². The van der Waals surface area contributed by atoms with E-state index >= 15 is 0 Å². The molecule has 0 unspecified atom stereocenters. The number of para-hydroxylation sites is 1. The topological polar surface area (TPSA) is 62.2 Å². The maximum Gasteiger partial charge on any atom is 0.127 e. The molecule has 6 heteroatoms. The van der Waals surface area contributed by atoms with Crippen LogP contribution in [0.5, 0.6) is 23.0 Å². The van der Waals surface area contributed by atoms with E-state index in [0.29, 0.717) is 13.2 Å². The van der Waals surface area contributed by atoms with Crippen molar-refractivity contribution in [3.63, 3.8) is 0 Å². The summed E-state index contributed by atoms with van der Waals surface area (Å²) in [5, 5.41) is 19.3. The first kappa shape index (κ1) is 24.6. The number of rotatable bonds is 7. The van der Waals surface area contributed by atoms with Gasteiger partial charge in [-0.25, -0.2) is 0 Å². The Hall–Kier alpha value is -3.51. The van der Waals surface area contributed by atoms with E-state index < -0.39 is 0 Å². The van der Waals surface area contributed by atoms with Gasteiger partial charge in [0.1, 0.15) is 36.2 Å². The number of likely N-dealkylation sites (tertiary alicyclic amines) is 1. The van der Waals surface area contributed by atoms with Gasteiger partial charge in [-0.2, -0.15) is 0 Å². The zero-order valence-electron chi connectivity index (χ0n) is 20.0. The van der Waals surface area contributed by atoms with Crippen LogP contribution in [0.25, 0.3) is 11.1 Å². The van der Waals surface area contributed by atoms with Crippen LogP contribution in [-0.2, 0) is 0 Å². The van der Waals surface area contributed by atoms with E-state index in [4.69, 9.17) is 9.47 Å². The Kier molecular flexibility index (Phi) is 8.27. The molecule has 3 aromatic carbocycles.